The van der Waals surface area contributed by atoms with Gasteiger partial charge in [0.15, 0.2) is 0 Å². The number of rotatable bonds is 4. The Morgan fingerprint density at radius 2 is 1.94 bits per heavy atom. The lowest BCUT2D eigenvalue weighted by molar-refractivity contribution is 0.0138. The van der Waals surface area contributed by atoms with Crippen molar-refractivity contribution in [3.63, 3.8) is 0 Å². The third kappa shape index (κ3) is 3.44. The molecule has 0 amide bonds. The highest BCUT2D eigenvalue weighted by Gasteiger charge is 2.33. The van der Waals surface area contributed by atoms with Crippen LogP contribution >= 0.6 is 0 Å². The Kier molecular flexibility index (Phi) is 4.64. The molecule has 2 atom stereocenters. The van der Waals surface area contributed by atoms with E-state index in [9.17, 15) is 5.11 Å². The zero-order valence-corrected chi connectivity index (χ0v) is 12.1. The molecule has 2 saturated heterocycles. The van der Waals surface area contributed by atoms with Gasteiger partial charge in [-0.1, -0.05) is 13.8 Å². The summed E-state index contributed by atoms with van der Waals surface area (Å²) in [4.78, 5) is 5.08. The van der Waals surface area contributed by atoms with Crippen LogP contribution in [0, 0.1) is 5.41 Å². The number of hydrogen-bond acceptors (Lipinski definition) is 4. The van der Waals surface area contributed by atoms with Gasteiger partial charge in [-0.15, -0.1) is 0 Å². The van der Waals surface area contributed by atoms with Crippen LogP contribution in [0.25, 0.3) is 0 Å². The van der Waals surface area contributed by atoms with Crippen LogP contribution < -0.4 is 0 Å². The van der Waals surface area contributed by atoms with E-state index in [1.807, 2.05) is 6.92 Å². The van der Waals surface area contributed by atoms with Crippen molar-refractivity contribution in [3.05, 3.63) is 0 Å². The molecule has 4 nitrogen and oxygen atoms in total. The average molecular weight is 256 g/mol. The Morgan fingerprint density at radius 3 is 2.56 bits per heavy atom. The van der Waals surface area contributed by atoms with Crippen LogP contribution in [-0.2, 0) is 4.74 Å². The van der Waals surface area contributed by atoms with Gasteiger partial charge in [0.2, 0.25) is 0 Å². The lowest BCUT2D eigenvalue weighted by atomic mass is 9.87. The van der Waals surface area contributed by atoms with Gasteiger partial charge in [0.1, 0.15) is 0 Å². The highest BCUT2D eigenvalue weighted by molar-refractivity contribution is 4.88. The Bertz CT molecular complexity index is 263. The third-order valence-electron chi connectivity index (χ3n) is 4.57. The minimum atomic E-state index is -0.250. The molecule has 0 bridgehead atoms. The summed E-state index contributed by atoms with van der Waals surface area (Å²) in [5.41, 5.74) is -0.0140. The zero-order valence-electron chi connectivity index (χ0n) is 12.1. The summed E-state index contributed by atoms with van der Waals surface area (Å²) in [5.74, 6) is 0. The quantitative estimate of drug-likeness (QED) is 0.807. The summed E-state index contributed by atoms with van der Waals surface area (Å²) in [5, 5.41) is 9.80. The fourth-order valence-electron chi connectivity index (χ4n) is 2.90. The molecule has 2 aliphatic rings. The fourth-order valence-corrected chi connectivity index (χ4v) is 2.90. The Hall–Kier alpha value is -0.160. The molecule has 4 heteroatoms. The van der Waals surface area contributed by atoms with Crippen LogP contribution in [0.15, 0.2) is 0 Å². The van der Waals surface area contributed by atoms with E-state index in [2.05, 4.69) is 23.6 Å². The first-order valence-electron chi connectivity index (χ1n) is 7.21. The largest absolute Gasteiger partial charge is 0.393 e. The van der Waals surface area contributed by atoms with Crippen molar-refractivity contribution in [2.75, 3.05) is 45.9 Å². The Balaban J connectivity index is 1.81. The van der Waals surface area contributed by atoms with Crippen molar-refractivity contribution in [2.24, 2.45) is 5.41 Å². The van der Waals surface area contributed by atoms with Gasteiger partial charge in [0.25, 0.3) is 0 Å². The van der Waals surface area contributed by atoms with Crippen molar-refractivity contribution in [1.29, 1.82) is 0 Å². The molecule has 18 heavy (non-hydrogen) atoms. The Morgan fingerprint density at radius 1 is 1.28 bits per heavy atom. The molecule has 0 aromatic carbocycles. The first-order valence-corrected chi connectivity index (χ1v) is 7.21. The average Bonchev–Trinajstić information content (AvgIpc) is 2.78. The lowest BCUT2D eigenvalue weighted by Gasteiger charge is -2.34. The third-order valence-corrected chi connectivity index (χ3v) is 4.57. The van der Waals surface area contributed by atoms with E-state index in [4.69, 9.17) is 4.74 Å². The van der Waals surface area contributed by atoms with Gasteiger partial charge in [0, 0.05) is 37.6 Å². The molecule has 2 unspecified atom stereocenters. The van der Waals surface area contributed by atoms with Gasteiger partial charge >= 0.3 is 0 Å². The smallest absolute Gasteiger partial charge is 0.0594 e. The second kappa shape index (κ2) is 5.87. The van der Waals surface area contributed by atoms with Crippen LogP contribution in [0.1, 0.15) is 27.2 Å². The van der Waals surface area contributed by atoms with Crippen LogP contribution in [-0.4, -0.2) is 73.0 Å². The van der Waals surface area contributed by atoms with E-state index in [1.54, 1.807) is 0 Å². The predicted molar refractivity (Wildman–Crippen MR) is 72.7 cm³/mol. The van der Waals surface area contributed by atoms with Gasteiger partial charge in [-0.3, -0.25) is 4.90 Å². The maximum absolute atomic E-state index is 9.80. The molecule has 0 aliphatic carbocycles. The second-order valence-corrected chi connectivity index (χ2v) is 6.49. The number of ether oxygens (including phenoxy) is 1. The number of morpholine rings is 1. The predicted octanol–water partition coefficient (Wildman–Crippen LogP) is 0.800. The highest BCUT2D eigenvalue weighted by Crippen LogP contribution is 2.25. The maximum atomic E-state index is 9.80. The van der Waals surface area contributed by atoms with E-state index in [-0.39, 0.29) is 11.5 Å². The number of hydrogen-bond donors (Lipinski definition) is 1. The van der Waals surface area contributed by atoms with Crippen molar-refractivity contribution in [3.8, 4) is 0 Å². The van der Waals surface area contributed by atoms with E-state index in [0.29, 0.717) is 6.04 Å². The van der Waals surface area contributed by atoms with Gasteiger partial charge in [-0.2, -0.15) is 0 Å². The summed E-state index contributed by atoms with van der Waals surface area (Å²) >= 11 is 0. The van der Waals surface area contributed by atoms with Gasteiger partial charge in [-0.25, -0.2) is 0 Å². The first kappa shape index (κ1) is 14.3. The summed E-state index contributed by atoms with van der Waals surface area (Å²) in [6, 6.07) is 0.693. The van der Waals surface area contributed by atoms with E-state index >= 15 is 0 Å². The second-order valence-electron chi connectivity index (χ2n) is 6.49. The molecule has 2 heterocycles. The van der Waals surface area contributed by atoms with E-state index in [1.165, 1.54) is 6.42 Å². The van der Waals surface area contributed by atoms with Crippen molar-refractivity contribution in [2.45, 2.75) is 39.3 Å². The molecule has 0 aromatic heterocycles. The van der Waals surface area contributed by atoms with Crippen molar-refractivity contribution in [1.82, 2.24) is 9.80 Å². The van der Waals surface area contributed by atoms with Gasteiger partial charge in [-0.05, 0) is 19.9 Å². The summed E-state index contributed by atoms with van der Waals surface area (Å²) in [6.07, 6.45) is 1.01. The van der Waals surface area contributed by atoms with Gasteiger partial charge < -0.3 is 14.7 Å². The molecule has 2 aliphatic heterocycles. The molecule has 1 N–H and O–H groups in total. The molecule has 106 valence electrons. The molecule has 0 aromatic rings. The molecule has 2 rings (SSSR count). The molecule has 0 spiro atoms. The van der Waals surface area contributed by atoms with Crippen LogP contribution in [0.5, 0.6) is 0 Å². The fraction of sp³-hybridized carbons (Fsp3) is 1.00. The van der Waals surface area contributed by atoms with E-state index < -0.39 is 0 Å². The van der Waals surface area contributed by atoms with Crippen molar-refractivity contribution >= 4 is 0 Å². The van der Waals surface area contributed by atoms with E-state index in [0.717, 1.165) is 45.9 Å². The topological polar surface area (TPSA) is 35.9 Å². The zero-order chi connectivity index (χ0) is 13.2. The minimum absolute atomic E-state index is 0.0140. The number of aliphatic hydroxyl groups excluding tert-OH is 1. The van der Waals surface area contributed by atoms with Crippen LogP contribution in [0.3, 0.4) is 0 Å². The van der Waals surface area contributed by atoms with Crippen molar-refractivity contribution < 1.29 is 9.84 Å². The standard InChI is InChI=1S/C14H28N2O2/c1-12(17)14(2,3)11-15-5-4-13(10-15)16-6-8-18-9-7-16/h12-13,17H,4-11H2,1-3H3. The molecule has 2 fully saturated rings. The molecule has 0 saturated carbocycles. The number of likely N-dealkylation sites (tertiary alicyclic amines) is 1. The van der Waals surface area contributed by atoms with Crippen LogP contribution in [0.2, 0.25) is 0 Å². The van der Waals surface area contributed by atoms with Crippen LogP contribution in [0.4, 0.5) is 0 Å². The Labute approximate surface area is 111 Å². The summed E-state index contributed by atoms with van der Waals surface area (Å²) in [6.45, 7) is 13.4. The molecular formula is C14H28N2O2. The highest BCUT2D eigenvalue weighted by atomic mass is 16.5. The molecular weight excluding hydrogens is 228 g/mol. The minimum Gasteiger partial charge on any atom is -0.393 e. The van der Waals surface area contributed by atoms with Gasteiger partial charge in [0.05, 0.1) is 19.3 Å². The molecule has 0 radical (unpaired) electrons. The SMILES string of the molecule is CC(O)C(C)(C)CN1CCC(N2CCOCC2)C1. The lowest BCUT2D eigenvalue weighted by Crippen LogP contribution is -2.46. The monoisotopic (exact) mass is 256 g/mol. The maximum Gasteiger partial charge on any atom is 0.0594 e. The number of aliphatic hydroxyl groups is 1. The summed E-state index contributed by atoms with van der Waals surface area (Å²) in [7, 11) is 0. The normalized spacial score (nSPS) is 29.7. The number of nitrogens with zero attached hydrogens (tertiary/aromatic N) is 2. The summed E-state index contributed by atoms with van der Waals surface area (Å²) < 4.78 is 5.41. The first-order chi connectivity index (χ1) is 8.49.